The fraction of sp³-hybridized carbons (Fsp3) is 0. The molecule has 0 aliphatic rings. The summed E-state index contributed by atoms with van der Waals surface area (Å²) < 4.78 is 0. The Balaban J connectivity index is 2.29. The Morgan fingerprint density at radius 2 is 2.14 bits per heavy atom. The van der Waals surface area contributed by atoms with Gasteiger partial charge in [-0.1, -0.05) is 0 Å². The van der Waals surface area contributed by atoms with Crippen LogP contribution in [0.25, 0.3) is 0 Å². The van der Waals surface area contributed by atoms with Crippen LogP contribution in [0.2, 0.25) is 0 Å². The van der Waals surface area contributed by atoms with Crippen LogP contribution in [0.1, 0.15) is 5.56 Å². The van der Waals surface area contributed by atoms with Crippen LogP contribution in [0.3, 0.4) is 0 Å². The highest BCUT2D eigenvalue weighted by atomic mass is 32.1. The first-order chi connectivity index (χ1) is 6.86. The zero-order valence-corrected chi connectivity index (χ0v) is 7.98. The van der Waals surface area contributed by atoms with Gasteiger partial charge in [0.2, 0.25) is 5.13 Å². The predicted octanol–water partition coefficient (Wildman–Crippen LogP) is 0.970. The summed E-state index contributed by atoms with van der Waals surface area (Å²) in [5.74, 6) is 0.376. The van der Waals surface area contributed by atoms with Crippen LogP contribution in [0, 0.1) is 0 Å². The van der Waals surface area contributed by atoms with Gasteiger partial charge in [-0.3, -0.25) is 0 Å². The molecule has 0 bridgehead atoms. The summed E-state index contributed by atoms with van der Waals surface area (Å²) in [4.78, 5) is 15.8. The molecule has 0 aliphatic carbocycles. The number of nitrogens with zero attached hydrogens (tertiary/aromatic N) is 4. The van der Waals surface area contributed by atoms with Crippen molar-refractivity contribution in [1.82, 2.24) is 15.0 Å². The monoisotopic (exact) mass is 205 g/mol. The molecule has 0 atom stereocenters. The van der Waals surface area contributed by atoms with E-state index in [0.29, 0.717) is 16.5 Å². The summed E-state index contributed by atoms with van der Waals surface area (Å²) in [7, 11) is 0. The molecule has 14 heavy (non-hydrogen) atoms. The maximum Gasteiger partial charge on any atom is 0.211 e. The van der Waals surface area contributed by atoms with E-state index in [0.717, 1.165) is 0 Å². The lowest BCUT2D eigenvalue weighted by Crippen LogP contribution is -2.13. The molecule has 0 amide bonds. The number of hydrogen-bond donors (Lipinski definition) is 1. The number of thiazole rings is 1. The summed E-state index contributed by atoms with van der Waals surface area (Å²) in [6, 6.07) is 0. The summed E-state index contributed by atoms with van der Waals surface area (Å²) in [5.41, 5.74) is 6.42. The quantitative estimate of drug-likeness (QED) is 0.585. The van der Waals surface area contributed by atoms with Gasteiger partial charge in [0.1, 0.15) is 12.2 Å². The van der Waals surface area contributed by atoms with Gasteiger partial charge in [-0.15, -0.1) is 11.3 Å². The molecule has 2 N–H and O–H groups in total. The van der Waals surface area contributed by atoms with E-state index < -0.39 is 0 Å². The predicted molar refractivity (Wildman–Crippen MR) is 54.5 cm³/mol. The first kappa shape index (κ1) is 8.76. The van der Waals surface area contributed by atoms with Crippen molar-refractivity contribution in [3.05, 3.63) is 35.9 Å². The number of amidine groups is 1. The molecule has 6 heteroatoms. The number of hydrogen-bond acceptors (Lipinski definition) is 5. The van der Waals surface area contributed by atoms with Crippen LogP contribution >= 0.6 is 11.3 Å². The van der Waals surface area contributed by atoms with E-state index in [4.69, 9.17) is 5.73 Å². The fourth-order valence-electron chi connectivity index (χ4n) is 0.870. The first-order valence-corrected chi connectivity index (χ1v) is 4.73. The number of nitrogens with two attached hydrogens (primary N) is 1. The van der Waals surface area contributed by atoms with E-state index in [9.17, 15) is 0 Å². The third-order valence-electron chi connectivity index (χ3n) is 1.49. The van der Waals surface area contributed by atoms with E-state index in [2.05, 4.69) is 19.9 Å². The van der Waals surface area contributed by atoms with Gasteiger partial charge < -0.3 is 5.73 Å². The molecule has 0 spiro atoms. The van der Waals surface area contributed by atoms with Crippen molar-refractivity contribution in [3.8, 4) is 0 Å². The zero-order valence-electron chi connectivity index (χ0n) is 7.16. The largest absolute Gasteiger partial charge is 0.383 e. The second-order valence-corrected chi connectivity index (χ2v) is 3.31. The number of aliphatic imine (C=N–C) groups is 1. The molecular weight excluding hydrogens is 198 g/mol. The van der Waals surface area contributed by atoms with E-state index in [1.165, 1.54) is 17.7 Å². The van der Waals surface area contributed by atoms with Crippen LogP contribution < -0.4 is 5.73 Å². The lowest BCUT2D eigenvalue weighted by Gasteiger charge is -1.96. The summed E-state index contributed by atoms with van der Waals surface area (Å²) in [6.45, 7) is 0. The van der Waals surface area contributed by atoms with Gasteiger partial charge in [0.15, 0.2) is 0 Å². The standard InChI is InChI=1S/C8H7N5S/c9-7(6-3-10-5-11-4-6)13-8-12-1-2-14-8/h1-5H,(H2,9,12,13). The normalized spacial score (nSPS) is 11.6. The fourth-order valence-corrected chi connectivity index (χ4v) is 1.39. The molecular formula is C8H7N5S. The highest BCUT2D eigenvalue weighted by Gasteiger charge is 1.99. The Kier molecular flexibility index (Phi) is 2.46. The molecule has 0 aromatic carbocycles. The van der Waals surface area contributed by atoms with Crippen LogP contribution in [0.4, 0.5) is 5.13 Å². The third kappa shape index (κ3) is 1.91. The third-order valence-corrected chi connectivity index (χ3v) is 2.16. The summed E-state index contributed by atoms with van der Waals surface area (Å²) >= 11 is 1.43. The van der Waals surface area contributed by atoms with Crippen molar-refractivity contribution < 1.29 is 0 Å². The molecule has 2 aromatic rings. The zero-order chi connectivity index (χ0) is 9.80. The van der Waals surface area contributed by atoms with Crippen LogP contribution in [0.5, 0.6) is 0 Å². The Hall–Kier alpha value is -1.82. The average Bonchev–Trinajstić information content (AvgIpc) is 2.72. The van der Waals surface area contributed by atoms with Gasteiger partial charge in [-0.05, 0) is 0 Å². The highest BCUT2D eigenvalue weighted by molar-refractivity contribution is 7.13. The smallest absolute Gasteiger partial charge is 0.211 e. The highest BCUT2D eigenvalue weighted by Crippen LogP contribution is 2.14. The van der Waals surface area contributed by atoms with E-state index in [-0.39, 0.29) is 0 Å². The van der Waals surface area contributed by atoms with Crippen LogP contribution in [-0.4, -0.2) is 20.8 Å². The second-order valence-electron chi connectivity index (χ2n) is 2.44. The van der Waals surface area contributed by atoms with Gasteiger partial charge in [0.25, 0.3) is 0 Å². The molecule has 2 heterocycles. The Morgan fingerprint density at radius 3 is 2.79 bits per heavy atom. The van der Waals surface area contributed by atoms with Gasteiger partial charge in [-0.25, -0.2) is 19.9 Å². The van der Waals surface area contributed by atoms with E-state index >= 15 is 0 Å². The van der Waals surface area contributed by atoms with Gasteiger partial charge in [-0.2, -0.15) is 0 Å². The molecule has 0 fully saturated rings. The lowest BCUT2D eigenvalue weighted by molar-refractivity contribution is 1.15. The molecule has 70 valence electrons. The SMILES string of the molecule is N/C(=N\c1nccs1)c1cncnc1. The van der Waals surface area contributed by atoms with E-state index in [1.54, 1.807) is 18.6 Å². The van der Waals surface area contributed by atoms with E-state index in [1.807, 2.05) is 5.38 Å². The van der Waals surface area contributed by atoms with Crippen molar-refractivity contribution in [2.75, 3.05) is 0 Å². The Labute approximate surface area is 84.4 Å². The van der Waals surface area contributed by atoms with Crippen LogP contribution in [0.15, 0.2) is 35.3 Å². The summed E-state index contributed by atoms with van der Waals surface area (Å²) in [6.07, 6.45) is 6.34. The molecule has 0 unspecified atom stereocenters. The molecule has 2 rings (SSSR count). The molecule has 0 radical (unpaired) electrons. The number of aromatic nitrogens is 3. The Bertz CT molecular complexity index is 422. The minimum atomic E-state index is 0.376. The van der Waals surface area contributed by atoms with Crippen molar-refractivity contribution in [1.29, 1.82) is 0 Å². The van der Waals surface area contributed by atoms with Gasteiger partial charge >= 0.3 is 0 Å². The molecule has 0 aliphatic heterocycles. The van der Waals surface area contributed by atoms with Crippen molar-refractivity contribution >= 4 is 22.3 Å². The Morgan fingerprint density at radius 1 is 1.36 bits per heavy atom. The van der Waals surface area contributed by atoms with Crippen LogP contribution in [-0.2, 0) is 0 Å². The lowest BCUT2D eigenvalue weighted by atomic mass is 10.3. The van der Waals surface area contributed by atoms with Gasteiger partial charge in [0.05, 0.1) is 5.56 Å². The topological polar surface area (TPSA) is 77.0 Å². The number of rotatable bonds is 2. The van der Waals surface area contributed by atoms with Crippen molar-refractivity contribution in [2.24, 2.45) is 10.7 Å². The molecule has 0 saturated heterocycles. The second kappa shape index (κ2) is 3.93. The average molecular weight is 205 g/mol. The van der Waals surface area contributed by atoms with Crippen molar-refractivity contribution in [3.63, 3.8) is 0 Å². The maximum atomic E-state index is 5.72. The summed E-state index contributed by atoms with van der Waals surface area (Å²) in [5, 5.41) is 2.47. The maximum absolute atomic E-state index is 5.72. The van der Waals surface area contributed by atoms with Gasteiger partial charge in [0, 0.05) is 24.0 Å². The molecule has 0 saturated carbocycles. The minimum absolute atomic E-state index is 0.376. The molecule has 5 nitrogen and oxygen atoms in total. The van der Waals surface area contributed by atoms with Crippen molar-refractivity contribution in [2.45, 2.75) is 0 Å². The molecule has 2 aromatic heterocycles. The first-order valence-electron chi connectivity index (χ1n) is 3.85. The minimum Gasteiger partial charge on any atom is -0.383 e.